The quantitative estimate of drug-likeness (QED) is 0.846. The monoisotopic (exact) mass is 335 g/mol. The lowest BCUT2D eigenvalue weighted by molar-refractivity contribution is 0.406. The minimum Gasteiger partial charge on any atom is -0.496 e. The van der Waals surface area contributed by atoms with Crippen LogP contribution in [0.2, 0.25) is 5.15 Å². The molecule has 0 aliphatic rings. The first-order valence-corrected chi connectivity index (χ1v) is 7.77. The standard InChI is InChI=1S/C16H22ClN5O/c1-9(2)22(14-6-13(17)20-16(18)21-14)8-12-11(4)15(23-5)10(3)7-19-12/h6-7,9H,8H2,1-5H3,(H2,18,20,21). The molecule has 2 aromatic rings. The number of nitrogen functional groups attached to an aromatic ring is 1. The van der Waals surface area contributed by atoms with E-state index in [0.29, 0.717) is 17.5 Å². The molecule has 7 heteroatoms. The SMILES string of the molecule is COc1c(C)cnc(CN(c2cc(Cl)nc(N)n2)C(C)C)c1C. The summed E-state index contributed by atoms with van der Waals surface area (Å²) in [5.41, 5.74) is 8.68. The summed E-state index contributed by atoms with van der Waals surface area (Å²) in [5.74, 6) is 1.70. The molecule has 0 aliphatic heterocycles. The number of pyridine rings is 1. The van der Waals surface area contributed by atoms with Crippen LogP contribution in [-0.4, -0.2) is 28.1 Å². The summed E-state index contributed by atoms with van der Waals surface area (Å²) in [7, 11) is 1.67. The smallest absolute Gasteiger partial charge is 0.223 e. The van der Waals surface area contributed by atoms with Gasteiger partial charge in [-0.25, -0.2) is 4.98 Å². The number of nitrogens with zero attached hydrogens (tertiary/aromatic N) is 4. The first-order valence-electron chi connectivity index (χ1n) is 7.39. The van der Waals surface area contributed by atoms with Gasteiger partial charge in [0.05, 0.1) is 19.3 Å². The maximum Gasteiger partial charge on any atom is 0.223 e. The lowest BCUT2D eigenvalue weighted by Gasteiger charge is -2.28. The van der Waals surface area contributed by atoms with Crippen molar-refractivity contribution in [2.75, 3.05) is 17.7 Å². The summed E-state index contributed by atoms with van der Waals surface area (Å²) >= 11 is 6.01. The minimum atomic E-state index is 0.157. The molecule has 2 rings (SSSR count). The molecule has 0 amide bonds. The number of anilines is 2. The Labute approximate surface area is 141 Å². The lowest BCUT2D eigenvalue weighted by atomic mass is 10.1. The molecule has 23 heavy (non-hydrogen) atoms. The molecule has 0 fully saturated rings. The van der Waals surface area contributed by atoms with Crippen LogP contribution >= 0.6 is 11.6 Å². The Hall–Kier alpha value is -2.08. The molecule has 0 aromatic carbocycles. The number of halogens is 1. The summed E-state index contributed by atoms with van der Waals surface area (Å²) in [6.07, 6.45) is 1.82. The van der Waals surface area contributed by atoms with Crippen LogP contribution in [0.15, 0.2) is 12.3 Å². The van der Waals surface area contributed by atoms with Gasteiger partial charge in [0.25, 0.3) is 0 Å². The third-order valence-corrected chi connectivity index (χ3v) is 3.88. The van der Waals surface area contributed by atoms with Crippen LogP contribution in [0.1, 0.15) is 30.7 Å². The van der Waals surface area contributed by atoms with Crippen molar-refractivity contribution in [3.8, 4) is 5.75 Å². The molecule has 2 aromatic heterocycles. The minimum absolute atomic E-state index is 0.157. The van der Waals surface area contributed by atoms with E-state index in [1.807, 2.05) is 20.0 Å². The molecule has 0 aliphatic carbocycles. The first-order chi connectivity index (χ1) is 10.8. The van der Waals surface area contributed by atoms with Crippen molar-refractivity contribution in [1.82, 2.24) is 15.0 Å². The van der Waals surface area contributed by atoms with Gasteiger partial charge in [0.15, 0.2) is 0 Å². The van der Waals surface area contributed by atoms with E-state index in [0.717, 1.165) is 22.6 Å². The third-order valence-electron chi connectivity index (χ3n) is 3.69. The van der Waals surface area contributed by atoms with Crippen LogP contribution in [0.4, 0.5) is 11.8 Å². The lowest BCUT2D eigenvalue weighted by Crippen LogP contribution is -2.32. The van der Waals surface area contributed by atoms with E-state index in [2.05, 4.69) is 33.7 Å². The molecular weight excluding hydrogens is 314 g/mol. The average Bonchev–Trinajstić information content (AvgIpc) is 2.45. The van der Waals surface area contributed by atoms with E-state index >= 15 is 0 Å². The number of rotatable bonds is 5. The highest BCUT2D eigenvalue weighted by molar-refractivity contribution is 6.29. The molecule has 124 valence electrons. The summed E-state index contributed by atoms with van der Waals surface area (Å²) in [5, 5.41) is 0.323. The van der Waals surface area contributed by atoms with Gasteiger partial charge in [-0.2, -0.15) is 4.98 Å². The van der Waals surface area contributed by atoms with Crippen LogP contribution in [0.3, 0.4) is 0 Å². The predicted octanol–water partition coefficient (Wildman–Crippen LogP) is 3.15. The molecule has 6 nitrogen and oxygen atoms in total. The van der Waals surface area contributed by atoms with Gasteiger partial charge in [-0.1, -0.05) is 11.6 Å². The number of methoxy groups -OCH3 is 1. The van der Waals surface area contributed by atoms with Crippen molar-refractivity contribution in [2.45, 2.75) is 40.3 Å². The topological polar surface area (TPSA) is 77.2 Å². The van der Waals surface area contributed by atoms with Crippen molar-refractivity contribution in [1.29, 1.82) is 0 Å². The highest BCUT2D eigenvalue weighted by atomic mass is 35.5. The van der Waals surface area contributed by atoms with Gasteiger partial charge in [-0.05, 0) is 27.7 Å². The second-order valence-electron chi connectivity index (χ2n) is 5.67. The molecule has 0 bridgehead atoms. The Morgan fingerprint density at radius 3 is 2.57 bits per heavy atom. The van der Waals surface area contributed by atoms with E-state index < -0.39 is 0 Å². The van der Waals surface area contributed by atoms with Gasteiger partial charge in [0.2, 0.25) is 5.95 Å². The van der Waals surface area contributed by atoms with Crippen LogP contribution in [0.5, 0.6) is 5.75 Å². The van der Waals surface area contributed by atoms with Gasteiger partial charge < -0.3 is 15.4 Å². The van der Waals surface area contributed by atoms with Gasteiger partial charge >= 0.3 is 0 Å². The molecular formula is C16H22ClN5O. The van der Waals surface area contributed by atoms with Crippen LogP contribution < -0.4 is 15.4 Å². The zero-order valence-electron chi connectivity index (χ0n) is 14.1. The van der Waals surface area contributed by atoms with Crippen molar-refractivity contribution in [3.63, 3.8) is 0 Å². The molecule has 2 N–H and O–H groups in total. The Kier molecular flexibility index (Phi) is 5.26. The second kappa shape index (κ2) is 7.00. The number of hydrogen-bond acceptors (Lipinski definition) is 6. The number of hydrogen-bond donors (Lipinski definition) is 1. The summed E-state index contributed by atoms with van der Waals surface area (Å²) < 4.78 is 5.48. The summed E-state index contributed by atoms with van der Waals surface area (Å²) in [4.78, 5) is 14.8. The van der Waals surface area contributed by atoms with Gasteiger partial charge in [0.1, 0.15) is 16.7 Å². The molecule has 2 heterocycles. The average molecular weight is 336 g/mol. The van der Waals surface area contributed by atoms with E-state index in [9.17, 15) is 0 Å². The van der Waals surface area contributed by atoms with Crippen molar-refractivity contribution in [3.05, 3.63) is 34.2 Å². The van der Waals surface area contributed by atoms with Gasteiger partial charge in [0, 0.05) is 29.4 Å². The van der Waals surface area contributed by atoms with Crippen molar-refractivity contribution >= 4 is 23.4 Å². The summed E-state index contributed by atoms with van der Waals surface area (Å²) in [6.45, 7) is 8.72. The number of aryl methyl sites for hydroxylation is 1. The molecule has 0 spiro atoms. The fourth-order valence-corrected chi connectivity index (χ4v) is 2.67. The van der Waals surface area contributed by atoms with Crippen LogP contribution in [0, 0.1) is 13.8 Å². The Morgan fingerprint density at radius 1 is 1.30 bits per heavy atom. The van der Waals surface area contributed by atoms with E-state index in [-0.39, 0.29) is 12.0 Å². The zero-order valence-corrected chi connectivity index (χ0v) is 14.8. The number of ether oxygens (including phenoxy) is 1. The van der Waals surface area contributed by atoms with Crippen LogP contribution in [0.25, 0.3) is 0 Å². The molecule has 0 atom stereocenters. The fourth-order valence-electron chi connectivity index (χ4n) is 2.49. The van der Waals surface area contributed by atoms with E-state index in [1.165, 1.54) is 0 Å². The molecule has 0 saturated heterocycles. The molecule has 0 unspecified atom stereocenters. The maximum absolute atomic E-state index is 6.01. The third kappa shape index (κ3) is 3.82. The number of nitrogens with two attached hydrogens (primary N) is 1. The molecule has 0 saturated carbocycles. The zero-order chi connectivity index (χ0) is 17.1. The Balaban J connectivity index is 2.41. The van der Waals surface area contributed by atoms with Crippen molar-refractivity contribution < 1.29 is 4.74 Å². The van der Waals surface area contributed by atoms with Crippen molar-refractivity contribution in [2.24, 2.45) is 0 Å². The Morgan fingerprint density at radius 2 is 2.00 bits per heavy atom. The predicted molar refractivity (Wildman–Crippen MR) is 93.0 cm³/mol. The normalized spacial score (nSPS) is 10.9. The van der Waals surface area contributed by atoms with Crippen LogP contribution in [-0.2, 0) is 6.54 Å². The van der Waals surface area contributed by atoms with E-state index in [1.54, 1.807) is 13.2 Å². The second-order valence-corrected chi connectivity index (χ2v) is 6.06. The Bertz CT molecular complexity index is 685. The summed E-state index contributed by atoms with van der Waals surface area (Å²) in [6, 6.07) is 1.90. The largest absolute Gasteiger partial charge is 0.496 e. The highest BCUT2D eigenvalue weighted by Crippen LogP contribution is 2.27. The number of aromatic nitrogens is 3. The van der Waals surface area contributed by atoms with Gasteiger partial charge in [-0.3, -0.25) is 4.98 Å². The fraction of sp³-hybridized carbons (Fsp3) is 0.438. The van der Waals surface area contributed by atoms with E-state index in [4.69, 9.17) is 22.1 Å². The highest BCUT2D eigenvalue weighted by Gasteiger charge is 2.18. The van der Waals surface area contributed by atoms with Gasteiger partial charge in [-0.15, -0.1) is 0 Å². The molecule has 0 radical (unpaired) electrons. The maximum atomic E-state index is 6.01. The first kappa shape index (κ1) is 17.3.